The van der Waals surface area contributed by atoms with Gasteiger partial charge in [-0.2, -0.15) is 0 Å². The van der Waals surface area contributed by atoms with Crippen LogP contribution in [0.1, 0.15) is 11.1 Å². The van der Waals surface area contributed by atoms with Crippen LogP contribution in [0.25, 0.3) is 118 Å². The third-order valence-electron chi connectivity index (χ3n) is 12.9. The van der Waals surface area contributed by atoms with E-state index in [0.717, 1.165) is 85.5 Å². The first kappa shape index (κ1) is 40.0. The lowest BCUT2D eigenvalue weighted by Crippen LogP contribution is -2.03. The molecule has 324 valence electrons. The van der Waals surface area contributed by atoms with Crippen LogP contribution in [-0.4, -0.2) is 39.5 Å². The van der Waals surface area contributed by atoms with Gasteiger partial charge < -0.3 is 0 Å². The van der Waals surface area contributed by atoms with Gasteiger partial charge in [-0.25, -0.2) is 34.9 Å². The molecule has 13 rings (SSSR count). The van der Waals surface area contributed by atoms with Crippen molar-refractivity contribution in [2.75, 3.05) is 0 Å². The molecule has 0 fully saturated rings. The first-order chi connectivity index (χ1) is 34.2. The molecule has 0 bridgehead atoms. The van der Waals surface area contributed by atoms with Crippen molar-refractivity contribution in [3.05, 3.63) is 230 Å². The van der Waals surface area contributed by atoms with Crippen molar-refractivity contribution in [1.29, 1.82) is 0 Å². The van der Waals surface area contributed by atoms with Gasteiger partial charge in [-0.05, 0) is 71.5 Å². The zero-order valence-corrected chi connectivity index (χ0v) is 37.3. The van der Waals surface area contributed by atoms with E-state index in [1.54, 1.807) is 0 Å². The molecule has 0 saturated heterocycles. The lowest BCUT2D eigenvalue weighted by Gasteiger charge is -2.16. The molecule has 4 heterocycles. The van der Waals surface area contributed by atoms with E-state index in [-0.39, 0.29) is 0 Å². The normalized spacial score (nSPS) is 11.9. The Morgan fingerprint density at radius 2 is 0.580 bits per heavy atom. The summed E-state index contributed by atoms with van der Waals surface area (Å²) < 4.78 is 2.34. The van der Waals surface area contributed by atoms with E-state index in [1.807, 2.05) is 127 Å². The van der Waals surface area contributed by atoms with Crippen molar-refractivity contribution in [1.82, 2.24) is 39.5 Å². The van der Waals surface area contributed by atoms with Crippen molar-refractivity contribution in [3.63, 3.8) is 0 Å². The van der Waals surface area contributed by atoms with E-state index in [0.29, 0.717) is 34.9 Å². The molecule has 1 aliphatic carbocycles. The van der Waals surface area contributed by atoms with Gasteiger partial charge in [0.15, 0.2) is 34.9 Å². The van der Waals surface area contributed by atoms with Crippen molar-refractivity contribution >= 4 is 21.8 Å². The Labute approximate surface area is 398 Å². The number of aryl methyl sites for hydroxylation is 2. The maximum absolute atomic E-state index is 5.55. The van der Waals surface area contributed by atoms with E-state index >= 15 is 0 Å². The summed E-state index contributed by atoms with van der Waals surface area (Å²) in [7, 11) is 0. The lowest BCUT2D eigenvalue weighted by molar-refractivity contribution is 0.967. The Hall–Kier alpha value is -9.27. The molecule has 12 aromatic rings. The second-order valence-corrected chi connectivity index (χ2v) is 17.3. The highest BCUT2D eigenvalue weighted by atomic mass is 15.1. The number of hydrogen-bond acceptors (Lipinski definition) is 7. The topological polar surface area (TPSA) is 95.2 Å². The smallest absolute Gasteiger partial charge is 0.164 e. The van der Waals surface area contributed by atoms with Crippen LogP contribution in [0, 0.1) is 0 Å². The third kappa shape index (κ3) is 7.41. The Bertz CT molecular complexity index is 3500. The first-order valence-corrected chi connectivity index (χ1v) is 23.2. The van der Waals surface area contributed by atoms with Crippen molar-refractivity contribution < 1.29 is 0 Å². The van der Waals surface area contributed by atoms with E-state index < -0.39 is 0 Å². The van der Waals surface area contributed by atoms with Gasteiger partial charge in [-0.3, -0.25) is 4.57 Å². The van der Waals surface area contributed by atoms with Gasteiger partial charge in [-0.1, -0.05) is 182 Å². The summed E-state index contributed by atoms with van der Waals surface area (Å²) in [5, 5.41) is 2.39. The van der Waals surface area contributed by atoms with Crippen LogP contribution in [0.3, 0.4) is 0 Å². The number of nitrogens with zero attached hydrogens (tertiary/aromatic N) is 8. The predicted octanol–water partition coefficient (Wildman–Crippen LogP) is 14.0. The predicted molar refractivity (Wildman–Crippen MR) is 276 cm³/mol. The maximum Gasteiger partial charge on any atom is 0.164 e. The van der Waals surface area contributed by atoms with Crippen LogP contribution >= 0.6 is 0 Å². The van der Waals surface area contributed by atoms with Crippen LogP contribution in [-0.2, 0) is 12.8 Å². The molecule has 69 heavy (non-hydrogen) atoms. The molecular weight excluding hydrogens is 845 g/mol. The highest BCUT2D eigenvalue weighted by Gasteiger charge is 2.27. The Balaban J connectivity index is 1.11. The highest BCUT2D eigenvalue weighted by Crippen LogP contribution is 2.44. The molecule has 0 amide bonds. The minimum absolute atomic E-state index is 0.604. The standard InChI is InChI=1S/C61H40N8/c1-7-19-39(20-8-1)47-35-50(40-21-9-2-10-22-40)62-53(38-47)69-51-36-48(60-65-56(41-23-11-3-12-24-41)63-57(66-60)42-25-13-4-14-26-42)33-45-31-32-46-34-49(37-52(69)55(46)54(45)51)61-67-58(43-27-15-5-16-28-43)64-59(68-61)44-29-17-6-18-30-44/h1-30,33-38H,31-32H2. The summed E-state index contributed by atoms with van der Waals surface area (Å²) in [6.45, 7) is 0. The van der Waals surface area contributed by atoms with Gasteiger partial charge >= 0.3 is 0 Å². The first-order valence-electron chi connectivity index (χ1n) is 23.2. The van der Waals surface area contributed by atoms with Crippen LogP contribution in [0.2, 0.25) is 0 Å². The minimum Gasteiger partial charge on any atom is -0.294 e. The molecule has 0 aliphatic heterocycles. The van der Waals surface area contributed by atoms with Gasteiger partial charge in [0.25, 0.3) is 0 Å². The Kier molecular flexibility index (Phi) is 9.79. The third-order valence-corrected chi connectivity index (χ3v) is 12.9. The lowest BCUT2D eigenvalue weighted by atomic mass is 9.88. The zero-order chi connectivity index (χ0) is 45.7. The molecule has 0 spiro atoms. The minimum atomic E-state index is 0.604. The average molecular weight is 885 g/mol. The number of aromatic nitrogens is 8. The Morgan fingerprint density at radius 3 is 0.942 bits per heavy atom. The second-order valence-electron chi connectivity index (χ2n) is 17.3. The van der Waals surface area contributed by atoms with Gasteiger partial charge in [0, 0.05) is 49.7 Å². The summed E-state index contributed by atoms with van der Waals surface area (Å²) in [6, 6.07) is 75.0. The van der Waals surface area contributed by atoms with Crippen molar-refractivity contribution in [2.45, 2.75) is 12.8 Å². The largest absolute Gasteiger partial charge is 0.294 e. The van der Waals surface area contributed by atoms with Gasteiger partial charge in [0.05, 0.1) is 16.7 Å². The fraction of sp³-hybridized carbons (Fsp3) is 0.0328. The van der Waals surface area contributed by atoms with Crippen LogP contribution < -0.4 is 0 Å². The number of hydrogen-bond donors (Lipinski definition) is 0. The molecule has 0 radical (unpaired) electrons. The quantitative estimate of drug-likeness (QED) is 0.142. The zero-order valence-electron chi connectivity index (χ0n) is 37.3. The van der Waals surface area contributed by atoms with Crippen LogP contribution in [0.5, 0.6) is 0 Å². The molecule has 1 aliphatic rings. The van der Waals surface area contributed by atoms with Gasteiger partial charge in [0.1, 0.15) is 5.82 Å². The summed E-state index contributed by atoms with van der Waals surface area (Å²) in [5.74, 6) is 4.47. The highest BCUT2D eigenvalue weighted by molar-refractivity contribution is 6.15. The average Bonchev–Trinajstić information content (AvgIpc) is 3.78. The van der Waals surface area contributed by atoms with E-state index in [9.17, 15) is 0 Å². The fourth-order valence-electron chi connectivity index (χ4n) is 9.66. The second kappa shape index (κ2) is 16.9. The molecule has 4 aromatic heterocycles. The molecule has 0 N–H and O–H groups in total. The van der Waals surface area contributed by atoms with Crippen molar-refractivity contribution in [3.8, 4) is 96.5 Å². The number of pyridine rings is 1. The summed E-state index contributed by atoms with van der Waals surface area (Å²) in [4.78, 5) is 36.5. The number of rotatable bonds is 9. The van der Waals surface area contributed by atoms with E-state index in [2.05, 4.69) is 95.6 Å². The SMILES string of the molecule is c1ccc(-c2cc(-c3ccccc3)nc(-n3c4cc(-c5nc(-c6ccccc6)nc(-c6ccccc6)n5)cc5c4c4c(cc(-c6nc(-c7ccccc7)nc(-c7ccccc7)n6)cc43)CC5)c2)cc1. The molecule has 0 unspecified atom stereocenters. The van der Waals surface area contributed by atoms with E-state index in [4.69, 9.17) is 34.9 Å². The van der Waals surface area contributed by atoms with Gasteiger partial charge in [-0.15, -0.1) is 0 Å². The number of benzene rings is 8. The molecule has 0 atom stereocenters. The van der Waals surface area contributed by atoms with Gasteiger partial charge in [0.2, 0.25) is 0 Å². The summed E-state index contributed by atoms with van der Waals surface area (Å²) >= 11 is 0. The molecule has 8 nitrogen and oxygen atoms in total. The maximum atomic E-state index is 5.55. The van der Waals surface area contributed by atoms with Crippen LogP contribution in [0.4, 0.5) is 0 Å². The molecule has 8 aromatic carbocycles. The molecule has 8 heteroatoms. The van der Waals surface area contributed by atoms with Crippen molar-refractivity contribution in [2.24, 2.45) is 0 Å². The molecular formula is C61H40N8. The fourth-order valence-corrected chi connectivity index (χ4v) is 9.66. The van der Waals surface area contributed by atoms with Crippen LogP contribution in [0.15, 0.2) is 218 Å². The summed E-state index contributed by atoms with van der Waals surface area (Å²) in [5.41, 5.74) is 14.1. The molecule has 0 saturated carbocycles. The summed E-state index contributed by atoms with van der Waals surface area (Å²) in [6.07, 6.45) is 1.63. The van der Waals surface area contributed by atoms with E-state index in [1.165, 1.54) is 21.9 Å². The monoisotopic (exact) mass is 884 g/mol. The Morgan fingerprint density at radius 1 is 0.261 bits per heavy atom.